The third kappa shape index (κ3) is 4.90. The van der Waals surface area contributed by atoms with Crippen LogP contribution in [0.25, 0.3) is 28.3 Å². The third-order valence-corrected chi connectivity index (χ3v) is 4.54. The van der Waals surface area contributed by atoms with E-state index in [9.17, 15) is 4.79 Å². The number of aromatic amines is 1. The van der Waals surface area contributed by atoms with E-state index in [1.54, 1.807) is 33.4 Å². The number of anilines is 2. The number of nitrogen functional groups attached to an aromatic ring is 2. The second kappa shape index (κ2) is 10.3. The number of aromatic nitrogens is 1. The average Bonchev–Trinajstić information content (AvgIpc) is 3.11. The summed E-state index contributed by atoms with van der Waals surface area (Å²) in [4.78, 5) is 15.4. The lowest BCUT2D eigenvalue weighted by Crippen LogP contribution is -2.05. The molecule has 0 fully saturated rings. The smallest absolute Gasteiger partial charge is 0.340 e. The Bertz CT molecular complexity index is 1040. The highest BCUT2D eigenvalue weighted by Crippen LogP contribution is 2.36. The van der Waals surface area contributed by atoms with Crippen LogP contribution in [0.1, 0.15) is 28.5 Å². The summed E-state index contributed by atoms with van der Waals surface area (Å²) in [5, 5.41) is 0. The highest BCUT2D eigenvalue weighted by Gasteiger charge is 2.20. The molecule has 0 saturated heterocycles. The van der Waals surface area contributed by atoms with E-state index in [0.717, 1.165) is 33.5 Å². The highest BCUT2D eigenvalue weighted by molar-refractivity contribution is 6.00. The van der Waals surface area contributed by atoms with Crippen molar-refractivity contribution < 1.29 is 14.3 Å². The Labute approximate surface area is 177 Å². The molecule has 1 heterocycles. The van der Waals surface area contributed by atoms with E-state index < -0.39 is 0 Å². The minimum Gasteiger partial charge on any atom is -0.462 e. The molecule has 0 unspecified atom stereocenters. The number of carbonyl (C=O) groups excluding carboxylic acids is 1. The number of esters is 1. The van der Waals surface area contributed by atoms with Crippen LogP contribution in [-0.2, 0) is 9.47 Å². The average molecular weight is 408 g/mol. The summed E-state index contributed by atoms with van der Waals surface area (Å²) < 4.78 is 9.43. The number of hydrogen-bond acceptors (Lipinski definition) is 5. The number of hydrogen-bond donors (Lipinski definition) is 3. The molecular weight excluding hydrogens is 378 g/mol. The lowest BCUT2D eigenvalue weighted by atomic mass is 9.94. The van der Waals surface area contributed by atoms with Gasteiger partial charge in [-0.25, -0.2) is 4.79 Å². The van der Waals surface area contributed by atoms with Crippen molar-refractivity contribution in [3.8, 4) is 22.3 Å². The van der Waals surface area contributed by atoms with Crippen molar-refractivity contribution in [2.75, 3.05) is 32.3 Å². The standard InChI is InChI=1S/C22H23N3O2.C2H6O/c1-4-14-10-15(6-8-19(14)23)16-7-9-20(24)17(11-16)21-13(3)25-12-18(21)22(26)27-5-2;1-3-2/h4,6-12,25H,1,5,23-24H2,2-3H3;1-2H3. The number of benzene rings is 2. The lowest BCUT2D eigenvalue weighted by molar-refractivity contribution is 0.0527. The fourth-order valence-electron chi connectivity index (χ4n) is 3.13. The van der Waals surface area contributed by atoms with Gasteiger partial charge in [0.05, 0.1) is 12.2 Å². The van der Waals surface area contributed by atoms with Crippen LogP contribution in [0.3, 0.4) is 0 Å². The first kappa shape index (κ1) is 22.8. The maximum Gasteiger partial charge on any atom is 0.340 e. The van der Waals surface area contributed by atoms with E-state index in [2.05, 4.69) is 16.3 Å². The Balaban J connectivity index is 0.00000101. The van der Waals surface area contributed by atoms with Crippen LogP contribution in [0.2, 0.25) is 0 Å². The number of ether oxygens (including phenoxy) is 2. The maximum atomic E-state index is 12.3. The molecule has 30 heavy (non-hydrogen) atoms. The van der Waals surface area contributed by atoms with E-state index >= 15 is 0 Å². The third-order valence-electron chi connectivity index (χ3n) is 4.54. The van der Waals surface area contributed by atoms with Crippen molar-refractivity contribution in [1.82, 2.24) is 4.98 Å². The molecule has 6 nitrogen and oxygen atoms in total. The van der Waals surface area contributed by atoms with Gasteiger partial charge in [0.15, 0.2) is 0 Å². The minimum atomic E-state index is -0.372. The fraction of sp³-hybridized carbons (Fsp3) is 0.208. The zero-order valence-corrected chi connectivity index (χ0v) is 17.9. The van der Waals surface area contributed by atoms with Crippen LogP contribution < -0.4 is 11.5 Å². The van der Waals surface area contributed by atoms with Crippen LogP contribution in [-0.4, -0.2) is 31.8 Å². The normalized spacial score (nSPS) is 10.1. The molecule has 0 saturated carbocycles. The first-order valence-corrected chi connectivity index (χ1v) is 9.55. The van der Waals surface area contributed by atoms with Gasteiger partial charge in [0.25, 0.3) is 0 Å². The van der Waals surface area contributed by atoms with Gasteiger partial charge in [0.2, 0.25) is 0 Å². The molecule has 3 aromatic rings. The molecular formula is C24H29N3O3. The zero-order chi connectivity index (χ0) is 22.3. The van der Waals surface area contributed by atoms with Crippen LogP contribution >= 0.6 is 0 Å². The number of carbonyl (C=O) groups is 1. The summed E-state index contributed by atoms with van der Waals surface area (Å²) in [5.41, 5.74) is 19.2. The molecule has 158 valence electrons. The maximum absolute atomic E-state index is 12.3. The van der Waals surface area contributed by atoms with Gasteiger partial charge in [0, 0.05) is 48.6 Å². The summed E-state index contributed by atoms with van der Waals surface area (Å²) in [6, 6.07) is 11.6. The SMILES string of the molecule is C=Cc1cc(-c2ccc(N)c(-c3c(C(=O)OCC)c[nH]c3C)c2)ccc1N.COC. The minimum absolute atomic E-state index is 0.313. The second-order valence-corrected chi connectivity index (χ2v) is 6.68. The Kier molecular flexibility index (Phi) is 7.83. The summed E-state index contributed by atoms with van der Waals surface area (Å²) in [6.07, 6.45) is 3.39. The number of nitrogens with one attached hydrogen (secondary N) is 1. The summed E-state index contributed by atoms with van der Waals surface area (Å²) in [7, 11) is 3.25. The molecule has 0 amide bonds. The molecule has 6 heteroatoms. The molecule has 0 radical (unpaired) electrons. The van der Waals surface area contributed by atoms with E-state index in [4.69, 9.17) is 16.2 Å². The van der Waals surface area contributed by atoms with Gasteiger partial charge in [-0.3, -0.25) is 0 Å². The predicted octanol–water partition coefficient (Wildman–Crippen LogP) is 4.90. The second-order valence-electron chi connectivity index (χ2n) is 6.68. The molecule has 5 N–H and O–H groups in total. The van der Waals surface area contributed by atoms with E-state index in [-0.39, 0.29) is 5.97 Å². The van der Waals surface area contributed by atoms with Gasteiger partial charge in [-0.05, 0) is 54.8 Å². The predicted molar refractivity (Wildman–Crippen MR) is 124 cm³/mol. The van der Waals surface area contributed by atoms with Crippen molar-refractivity contribution in [2.24, 2.45) is 0 Å². The van der Waals surface area contributed by atoms with Crippen molar-refractivity contribution in [3.05, 3.63) is 66.0 Å². The molecule has 0 bridgehead atoms. The number of nitrogens with two attached hydrogens (primary N) is 2. The molecule has 2 aromatic carbocycles. The summed E-state index contributed by atoms with van der Waals surface area (Å²) in [5.74, 6) is -0.372. The molecule has 0 atom stereocenters. The monoisotopic (exact) mass is 407 g/mol. The van der Waals surface area contributed by atoms with Gasteiger partial charge in [-0.15, -0.1) is 0 Å². The zero-order valence-electron chi connectivity index (χ0n) is 17.9. The van der Waals surface area contributed by atoms with Gasteiger partial charge in [-0.1, -0.05) is 24.8 Å². The van der Waals surface area contributed by atoms with Crippen molar-refractivity contribution in [2.45, 2.75) is 13.8 Å². The Hall–Kier alpha value is -3.51. The van der Waals surface area contributed by atoms with Crippen molar-refractivity contribution >= 4 is 23.4 Å². The number of aryl methyl sites for hydroxylation is 1. The molecule has 0 aliphatic heterocycles. The first-order valence-electron chi connectivity index (χ1n) is 9.55. The van der Waals surface area contributed by atoms with Gasteiger partial charge < -0.3 is 25.9 Å². The molecule has 0 aliphatic carbocycles. The van der Waals surface area contributed by atoms with Crippen LogP contribution in [0.4, 0.5) is 11.4 Å². The number of methoxy groups -OCH3 is 1. The van der Waals surface area contributed by atoms with Crippen molar-refractivity contribution in [1.29, 1.82) is 0 Å². The molecule has 0 spiro atoms. The van der Waals surface area contributed by atoms with Crippen LogP contribution in [0.5, 0.6) is 0 Å². The fourth-order valence-corrected chi connectivity index (χ4v) is 3.13. The van der Waals surface area contributed by atoms with Gasteiger partial charge in [0.1, 0.15) is 0 Å². The molecule has 3 rings (SSSR count). The van der Waals surface area contributed by atoms with Gasteiger partial charge in [-0.2, -0.15) is 0 Å². The first-order chi connectivity index (χ1) is 14.4. The van der Waals surface area contributed by atoms with Crippen LogP contribution in [0.15, 0.2) is 49.2 Å². The van der Waals surface area contributed by atoms with Gasteiger partial charge >= 0.3 is 5.97 Å². The summed E-state index contributed by atoms with van der Waals surface area (Å²) >= 11 is 0. The lowest BCUT2D eigenvalue weighted by Gasteiger charge is -2.12. The Morgan fingerprint density at radius 3 is 2.30 bits per heavy atom. The number of H-pyrrole nitrogens is 1. The Morgan fingerprint density at radius 1 is 1.10 bits per heavy atom. The summed E-state index contributed by atoms with van der Waals surface area (Å²) in [6.45, 7) is 7.80. The molecule has 1 aromatic heterocycles. The van der Waals surface area contributed by atoms with E-state index in [0.29, 0.717) is 23.5 Å². The highest BCUT2D eigenvalue weighted by atomic mass is 16.5. The Morgan fingerprint density at radius 2 is 1.70 bits per heavy atom. The quantitative estimate of drug-likeness (QED) is 0.412. The van der Waals surface area contributed by atoms with E-state index in [1.165, 1.54) is 0 Å². The molecule has 0 aliphatic rings. The van der Waals surface area contributed by atoms with E-state index in [1.807, 2.05) is 43.3 Å². The largest absolute Gasteiger partial charge is 0.462 e. The van der Waals surface area contributed by atoms with Crippen molar-refractivity contribution in [3.63, 3.8) is 0 Å². The van der Waals surface area contributed by atoms with Crippen LogP contribution in [0, 0.1) is 6.92 Å². The topological polar surface area (TPSA) is 103 Å². The number of rotatable bonds is 5.